The first-order valence-corrected chi connectivity index (χ1v) is 8.29. The Kier molecular flexibility index (Phi) is 4.64. The van der Waals surface area contributed by atoms with E-state index in [2.05, 4.69) is 10.6 Å². The van der Waals surface area contributed by atoms with E-state index in [4.69, 9.17) is 0 Å². The van der Waals surface area contributed by atoms with Gasteiger partial charge in [0.1, 0.15) is 0 Å². The van der Waals surface area contributed by atoms with Gasteiger partial charge in [-0.05, 0) is 55.1 Å². The van der Waals surface area contributed by atoms with E-state index in [0.717, 1.165) is 42.1 Å². The van der Waals surface area contributed by atoms with E-state index >= 15 is 0 Å². The maximum atomic E-state index is 12.4. The molecule has 4 heteroatoms. The molecule has 0 radical (unpaired) electrons. The van der Waals surface area contributed by atoms with Crippen LogP contribution in [0.3, 0.4) is 0 Å². The highest BCUT2D eigenvalue weighted by Gasteiger charge is 2.34. The number of carbonyl (C=O) groups excluding carboxylic acids is 1. The van der Waals surface area contributed by atoms with Crippen LogP contribution in [-0.2, 0) is 4.79 Å². The van der Waals surface area contributed by atoms with Crippen molar-refractivity contribution < 1.29 is 9.90 Å². The average molecular weight is 312 g/mol. The Labute approximate surface area is 136 Å². The third-order valence-corrected chi connectivity index (χ3v) is 4.73. The SMILES string of the molecule is CC1(C(=O)NCC(O)c2ccc3ccccc3c2)CCCCN1. The summed E-state index contributed by atoms with van der Waals surface area (Å²) in [5.41, 5.74) is 0.312. The summed E-state index contributed by atoms with van der Waals surface area (Å²) in [6, 6.07) is 13.9. The Balaban J connectivity index is 1.63. The van der Waals surface area contributed by atoms with Gasteiger partial charge in [-0.15, -0.1) is 0 Å². The van der Waals surface area contributed by atoms with Crippen LogP contribution in [0.25, 0.3) is 10.8 Å². The number of benzene rings is 2. The van der Waals surface area contributed by atoms with Crippen molar-refractivity contribution in [1.82, 2.24) is 10.6 Å². The number of carbonyl (C=O) groups is 1. The molecule has 4 nitrogen and oxygen atoms in total. The summed E-state index contributed by atoms with van der Waals surface area (Å²) in [5, 5.41) is 18.8. The Morgan fingerprint density at radius 2 is 2.04 bits per heavy atom. The van der Waals surface area contributed by atoms with E-state index in [9.17, 15) is 9.90 Å². The molecule has 2 aromatic rings. The zero-order valence-electron chi connectivity index (χ0n) is 13.5. The molecule has 1 fully saturated rings. The minimum Gasteiger partial charge on any atom is -0.387 e. The maximum absolute atomic E-state index is 12.4. The molecular formula is C19H24N2O2. The molecule has 1 aliphatic rings. The van der Waals surface area contributed by atoms with Gasteiger partial charge in [0.05, 0.1) is 11.6 Å². The summed E-state index contributed by atoms with van der Waals surface area (Å²) in [5.74, 6) is -0.0305. The van der Waals surface area contributed by atoms with Crippen molar-refractivity contribution in [2.24, 2.45) is 0 Å². The van der Waals surface area contributed by atoms with Crippen molar-refractivity contribution in [3.63, 3.8) is 0 Å². The van der Waals surface area contributed by atoms with Gasteiger partial charge < -0.3 is 15.7 Å². The fraction of sp³-hybridized carbons (Fsp3) is 0.421. The average Bonchev–Trinajstić information content (AvgIpc) is 2.59. The summed E-state index contributed by atoms with van der Waals surface area (Å²) < 4.78 is 0. The van der Waals surface area contributed by atoms with Gasteiger partial charge in [0.15, 0.2) is 0 Å². The van der Waals surface area contributed by atoms with Crippen molar-refractivity contribution in [2.45, 2.75) is 37.8 Å². The number of hydrogen-bond donors (Lipinski definition) is 3. The van der Waals surface area contributed by atoms with Crippen molar-refractivity contribution in [3.8, 4) is 0 Å². The first-order chi connectivity index (χ1) is 11.1. The summed E-state index contributed by atoms with van der Waals surface area (Å²) in [4.78, 5) is 12.4. The topological polar surface area (TPSA) is 61.4 Å². The van der Waals surface area contributed by atoms with Crippen LogP contribution >= 0.6 is 0 Å². The van der Waals surface area contributed by atoms with Crippen LogP contribution in [0.1, 0.15) is 37.9 Å². The van der Waals surface area contributed by atoms with Gasteiger partial charge in [-0.1, -0.05) is 36.4 Å². The predicted octanol–water partition coefficient (Wildman–Crippen LogP) is 2.52. The predicted molar refractivity (Wildman–Crippen MR) is 92.2 cm³/mol. The van der Waals surface area contributed by atoms with Gasteiger partial charge in [-0.3, -0.25) is 4.79 Å². The molecule has 1 aliphatic heterocycles. The molecule has 3 rings (SSSR count). The second kappa shape index (κ2) is 6.69. The zero-order chi connectivity index (χ0) is 16.3. The monoisotopic (exact) mass is 312 g/mol. The molecule has 0 saturated carbocycles. The van der Waals surface area contributed by atoms with Crippen LogP contribution in [0.15, 0.2) is 42.5 Å². The molecule has 23 heavy (non-hydrogen) atoms. The third kappa shape index (κ3) is 3.54. The summed E-state index contributed by atoms with van der Waals surface area (Å²) in [6.07, 6.45) is 2.31. The lowest BCUT2D eigenvalue weighted by atomic mass is 9.90. The van der Waals surface area contributed by atoms with E-state index in [1.165, 1.54) is 0 Å². The number of hydrogen-bond acceptors (Lipinski definition) is 3. The molecule has 1 amide bonds. The largest absolute Gasteiger partial charge is 0.387 e. The van der Waals surface area contributed by atoms with Crippen molar-refractivity contribution in [3.05, 3.63) is 48.0 Å². The summed E-state index contributed by atoms with van der Waals surface area (Å²) in [6.45, 7) is 3.04. The molecule has 2 atom stereocenters. The van der Waals surface area contributed by atoms with E-state index in [-0.39, 0.29) is 12.5 Å². The van der Waals surface area contributed by atoms with E-state index in [1.54, 1.807) is 0 Å². The molecule has 2 unspecified atom stereocenters. The minimum atomic E-state index is -0.698. The molecule has 0 bridgehead atoms. The molecule has 0 spiro atoms. The number of piperidine rings is 1. The molecule has 2 aromatic carbocycles. The number of nitrogens with one attached hydrogen (secondary N) is 2. The van der Waals surface area contributed by atoms with Gasteiger partial charge in [0.25, 0.3) is 0 Å². The summed E-state index contributed by atoms with van der Waals surface area (Å²) in [7, 11) is 0. The molecular weight excluding hydrogens is 288 g/mol. The van der Waals surface area contributed by atoms with Gasteiger partial charge in [-0.25, -0.2) is 0 Å². The van der Waals surface area contributed by atoms with Crippen LogP contribution in [0.4, 0.5) is 0 Å². The van der Waals surface area contributed by atoms with Crippen molar-refractivity contribution in [2.75, 3.05) is 13.1 Å². The Morgan fingerprint density at radius 3 is 2.78 bits per heavy atom. The van der Waals surface area contributed by atoms with Crippen LogP contribution in [0.2, 0.25) is 0 Å². The highest BCUT2D eigenvalue weighted by atomic mass is 16.3. The van der Waals surface area contributed by atoms with Crippen molar-refractivity contribution in [1.29, 1.82) is 0 Å². The van der Waals surface area contributed by atoms with E-state index in [0.29, 0.717) is 0 Å². The zero-order valence-corrected chi connectivity index (χ0v) is 13.5. The standard InChI is InChI=1S/C19H24N2O2/c1-19(10-4-5-11-21-19)18(23)20-13-17(22)16-9-8-14-6-2-3-7-15(14)12-16/h2-3,6-9,12,17,21-22H,4-5,10-11,13H2,1H3,(H,20,23). The summed E-state index contributed by atoms with van der Waals surface area (Å²) >= 11 is 0. The lowest BCUT2D eigenvalue weighted by Gasteiger charge is -2.33. The van der Waals surface area contributed by atoms with Gasteiger partial charge >= 0.3 is 0 Å². The molecule has 3 N–H and O–H groups in total. The molecule has 1 heterocycles. The first kappa shape index (κ1) is 16.0. The number of aliphatic hydroxyl groups excluding tert-OH is 1. The normalized spacial score (nSPS) is 22.7. The Morgan fingerprint density at radius 1 is 1.26 bits per heavy atom. The Hall–Kier alpha value is -1.91. The van der Waals surface area contributed by atoms with E-state index < -0.39 is 11.6 Å². The smallest absolute Gasteiger partial charge is 0.240 e. The molecule has 1 saturated heterocycles. The lowest BCUT2D eigenvalue weighted by Crippen LogP contribution is -2.57. The number of amides is 1. The van der Waals surface area contributed by atoms with Gasteiger partial charge in [0, 0.05) is 6.54 Å². The fourth-order valence-corrected chi connectivity index (χ4v) is 3.17. The Bertz CT molecular complexity index is 693. The second-order valence-electron chi connectivity index (χ2n) is 6.55. The molecule has 0 aliphatic carbocycles. The van der Waals surface area contributed by atoms with Crippen molar-refractivity contribution >= 4 is 16.7 Å². The second-order valence-corrected chi connectivity index (χ2v) is 6.55. The quantitative estimate of drug-likeness (QED) is 0.813. The number of rotatable bonds is 4. The first-order valence-electron chi connectivity index (χ1n) is 8.29. The molecule has 122 valence electrons. The fourth-order valence-electron chi connectivity index (χ4n) is 3.17. The van der Waals surface area contributed by atoms with Crippen LogP contribution in [0.5, 0.6) is 0 Å². The van der Waals surface area contributed by atoms with Crippen LogP contribution in [0, 0.1) is 0 Å². The van der Waals surface area contributed by atoms with Crippen LogP contribution < -0.4 is 10.6 Å². The minimum absolute atomic E-state index is 0.0305. The maximum Gasteiger partial charge on any atom is 0.240 e. The highest BCUT2D eigenvalue weighted by Crippen LogP contribution is 2.21. The number of aliphatic hydroxyl groups is 1. The van der Waals surface area contributed by atoms with Crippen LogP contribution in [-0.4, -0.2) is 29.6 Å². The third-order valence-electron chi connectivity index (χ3n) is 4.73. The molecule has 0 aromatic heterocycles. The highest BCUT2D eigenvalue weighted by molar-refractivity contribution is 5.86. The van der Waals surface area contributed by atoms with Gasteiger partial charge in [-0.2, -0.15) is 0 Å². The number of fused-ring (bicyclic) bond motifs is 1. The lowest BCUT2D eigenvalue weighted by molar-refractivity contribution is -0.128. The van der Waals surface area contributed by atoms with Gasteiger partial charge in [0.2, 0.25) is 5.91 Å². The van der Waals surface area contributed by atoms with E-state index in [1.807, 2.05) is 49.4 Å².